The Labute approximate surface area is 73.1 Å². The third kappa shape index (κ3) is 1.85. The van der Waals surface area contributed by atoms with E-state index in [0.717, 1.165) is 0 Å². The second-order valence-electron chi connectivity index (χ2n) is 4.07. The third-order valence-electron chi connectivity index (χ3n) is 2.06. The maximum absolute atomic E-state index is 9.18. The zero-order valence-corrected chi connectivity index (χ0v) is 7.86. The molecule has 1 aromatic rings. The minimum Gasteiger partial charge on any atom is -0.394 e. The van der Waals surface area contributed by atoms with Gasteiger partial charge in [-0.15, -0.1) is 0 Å². The summed E-state index contributed by atoms with van der Waals surface area (Å²) in [6.07, 6.45) is 5.35. The quantitative estimate of drug-likeness (QED) is 0.726. The van der Waals surface area contributed by atoms with Gasteiger partial charge in [-0.2, -0.15) is 0 Å². The minimum absolute atomic E-state index is 0.0649. The van der Waals surface area contributed by atoms with Crippen LogP contribution in [-0.4, -0.2) is 21.3 Å². The van der Waals surface area contributed by atoms with Gasteiger partial charge < -0.3 is 9.67 Å². The Kier molecular flexibility index (Phi) is 2.52. The predicted molar refractivity (Wildman–Crippen MR) is 47.8 cm³/mol. The van der Waals surface area contributed by atoms with Crippen LogP contribution >= 0.6 is 0 Å². The average Bonchev–Trinajstić information content (AvgIpc) is 2.38. The summed E-state index contributed by atoms with van der Waals surface area (Å²) in [5.74, 6) is 0. The van der Waals surface area contributed by atoms with Gasteiger partial charge in [0.15, 0.2) is 0 Å². The molecule has 68 valence electrons. The molecule has 0 radical (unpaired) electrons. The van der Waals surface area contributed by atoms with E-state index in [4.69, 9.17) is 0 Å². The molecule has 0 saturated carbocycles. The summed E-state index contributed by atoms with van der Waals surface area (Å²) in [5.41, 5.74) is 0.0649. The topological polar surface area (TPSA) is 38.0 Å². The van der Waals surface area contributed by atoms with Crippen LogP contribution in [0.5, 0.6) is 0 Å². The van der Waals surface area contributed by atoms with Gasteiger partial charge >= 0.3 is 0 Å². The lowest BCUT2D eigenvalue weighted by Crippen LogP contribution is -2.26. The summed E-state index contributed by atoms with van der Waals surface area (Å²) in [6.45, 7) is 6.47. The van der Waals surface area contributed by atoms with Crippen molar-refractivity contribution in [1.29, 1.82) is 0 Å². The second kappa shape index (κ2) is 3.27. The first-order valence-corrected chi connectivity index (χ1v) is 4.14. The number of aliphatic hydroxyl groups is 1. The summed E-state index contributed by atoms with van der Waals surface area (Å²) in [6, 6.07) is 0.111. The minimum atomic E-state index is 0.0649. The van der Waals surface area contributed by atoms with Crippen LogP contribution in [0.3, 0.4) is 0 Å². The summed E-state index contributed by atoms with van der Waals surface area (Å²) in [4.78, 5) is 3.96. The molecular weight excluding hydrogens is 152 g/mol. The summed E-state index contributed by atoms with van der Waals surface area (Å²) < 4.78 is 1.94. The zero-order chi connectivity index (χ0) is 9.19. The Morgan fingerprint density at radius 1 is 1.50 bits per heavy atom. The lowest BCUT2D eigenvalue weighted by atomic mass is 9.87. The molecule has 3 nitrogen and oxygen atoms in total. The molecule has 0 aliphatic heterocycles. The van der Waals surface area contributed by atoms with Crippen LogP contribution < -0.4 is 0 Å². The molecule has 1 atom stereocenters. The van der Waals surface area contributed by atoms with Crippen LogP contribution in [0.2, 0.25) is 0 Å². The Balaban J connectivity index is 2.84. The zero-order valence-electron chi connectivity index (χ0n) is 7.86. The fourth-order valence-electron chi connectivity index (χ4n) is 1.27. The molecule has 0 bridgehead atoms. The van der Waals surface area contributed by atoms with Crippen molar-refractivity contribution in [3.05, 3.63) is 18.7 Å². The molecular formula is C9H16N2O. The van der Waals surface area contributed by atoms with Crippen molar-refractivity contribution >= 4 is 0 Å². The van der Waals surface area contributed by atoms with Gasteiger partial charge in [0.2, 0.25) is 0 Å². The Morgan fingerprint density at radius 3 is 2.50 bits per heavy atom. The second-order valence-corrected chi connectivity index (χ2v) is 4.07. The van der Waals surface area contributed by atoms with Gasteiger partial charge in [-0.05, 0) is 5.41 Å². The van der Waals surface area contributed by atoms with Crippen molar-refractivity contribution in [2.45, 2.75) is 26.8 Å². The van der Waals surface area contributed by atoms with Crippen molar-refractivity contribution in [3.63, 3.8) is 0 Å². The van der Waals surface area contributed by atoms with Gasteiger partial charge in [0.25, 0.3) is 0 Å². The van der Waals surface area contributed by atoms with Crippen LogP contribution in [0.1, 0.15) is 26.8 Å². The summed E-state index contributed by atoms with van der Waals surface area (Å²) >= 11 is 0. The SMILES string of the molecule is CC(C)(C)C(CO)n1ccnc1. The van der Waals surface area contributed by atoms with Crippen LogP contribution in [0.15, 0.2) is 18.7 Å². The van der Waals surface area contributed by atoms with E-state index in [2.05, 4.69) is 25.8 Å². The number of hydrogen-bond donors (Lipinski definition) is 1. The summed E-state index contributed by atoms with van der Waals surface area (Å²) in [5, 5.41) is 9.18. The fraction of sp³-hybridized carbons (Fsp3) is 0.667. The molecule has 0 fully saturated rings. The van der Waals surface area contributed by atoms with Gasteiger partial charge in [0, 0.05) is 12.4 Å². The molecule has 0 amide bonds. The van der Waals surface area contributed by atoms with E-state index >= 15 is 0 Å². The van der Waals surface area contributed by atoms with E-state index < -0.39 is 0 Å². The van der Waals surface area contributed by atoms with Crippen LogP contribution in [-0.2, 0) is 0 Å². The normalized spacial score (nSPS) is 14.7. The van der Waals surface area contributed by atoms with Crippen molar-refractivity contribution in [1.82, 2.24) is 9.55 Å². The van der Waals surface area contributed by atoms with Crippen LogP contribution in [0.4, 0.5) is 0 Å². The molecule has 0 aliphatic carbocycles. The molecule has 1 unspecified atom stereocenters. The molecule has 1 aromatic heterocycles. The molecule has 12 heavy (non-hydrogen) atoms. The van der Waals surface area contributed by atoms with E-state index in [1.807, 2.05) is 10.8 Å². The Hall–Kier alpha value is -0.830. The number of aromatic nitrogens is 2. The first kappa shape index (κ1) is 9.26. The molecule has 3 heteroatoms. The first-order chi connectivity index (χ1) is 5.55. The van der Waals surface area contributed by atoms with Gasteiger partial charge in [-0.25, -0.2) is 4.98 Å². The molecule has 1 N–H and O–H groups in total. The van der Waals surface area contributed by atoms with E-state index in [1.165, 1.54) is 0 Å². The highest BCUT2D eigenvalue weighted by molar-refractivity contribution is 4.86. The van der Waals surface area contributed by atoms with E-state index in [1.54, 1.807) is 12.5 Å². The molecule has 0 aliphatic rings. The van der Waals surface area contributed by atoms with E-state index in [9.17, 15) is 5.11 Å². The fourth-order valence-corrected chi connectivity index (χ4v) is 1.27. The van der Waals surface area contributed by atoms with Crippen molar-refractivity contribution in [2.75, 3.05) is 6.61 Å². The van der Waals surface area contributed by atoms with Crippen molar-refractivity contribution < 1.29 is 5.11 Å². The van der Waals surface area contributed by atoms with Crippen molar-refractivity contribution in [2.24, 2.45) is 5.41 Å². The molecule has 0 saturated heterocycles. The molecule has 1 rings (SSSR count). The number of nitrogens with zero attached hydrogens (tertiary/aromatic N) is 2. The third-order valence-corrected chi connectivity index (χ3v) is 2.06. The van der Waals surface area contributed by atoms with E-state index in [-0.39, 0.29) is 18.1 Å². The van der Waals surface area contributed by atoms with Gasteiger partial charge in [-0.3, -0.25) is 0 Å². The monoisotopic (exact) mass is 168 g/mol. The maximum atomic E-state index is 9.18. The lowest BCUT2D eigenvalue weighted by Gasteiger charge is -2.29. The van der Waals surface area contributed by atoms with Gasteiger partial charge in [0.05, 0.1) is 19.0 Å². The number of rotatable bonds is 2. The number of aliphatic hydroxyl groups excluding tert-OH is 1. The number of hydrogen-bond acceptors (Lipinski definition) is 2. The number of imidazole rings is 1. The van der Waals surface area contributed by atoms with Gasteiger partial charge in [-0.1, -0.05) is 20.8 Å². The van der Waals surface area contributed by atoms with Crippen molar-refractivity contribution in [3.8, 4) is 0 Å². The average molecular weight is 168 g/mol. The smallest absolute Gasteiger partial charge is 0.0949 e. The predicted octanol–water partition coefficient (Wildman–Crippen LogP) is 1.46. The Morgan fingerprint density at radius 2 is 2.17 bits per heavy atom. The molecule has 0 spiro atoms. The first-order valence-electron chi connectivity index (χ1n) is 4.14. The standard InChI is InChI=1S/C9H16N2O/c1-9(2,3)8(6-12)11-5-4-10-7-11/h4-5,7-8,12H,6H2,1-3H3. The maximum Gasteiger partial charge on any atom is 0.0949 e. The highest BCUT2D eigenvalue weighted by atomic mass is 16.3. The van der Waals surface area contributed by atoms with Gasteiger partial charge in [0.1, 0.15) is 0 Å². The van der Waals surface area contributed by atoms with Crippen LogP contribution in [0, 0.1) is 5.41 Å². The largest absolute Gasteiger partial charge is 0.394 e. The van der Waals surface area contributed by atoms with Crippen LogP contribution in [0.25, 0.3) is 0 Å². The summed E-state index contributed by atoms with van der Waals surface area (Å²) in [7, 11) is 0. The Bertz CT molecular complexity index is 223. The lowest BCUT2D eigenvalue weighted by molar-refractivity contribution is 0.137. The van der Waals surface area contributed by atoms with E-state index in [0.29, 0.717) is 0 Å². The highest BCUT2D eigenvalue weighted by Gasteiger charge is 2.24. The molecule has 1 heterocycles. The highest BCUT2D eigenvalue weighted by Crippen LogP contribution is 2.29. The molecule has 0 aromatic carbocycles.